The van der Waals surface area contributed by atoms with E-state index < -0.39 is 0 Å². The second-order valence-electron chi connectivity index (χ2n) is 5.36. The fraction of sp³-hybridized carbons (Fsp3) is 0.533. The van der Waals surface area contributed by atoms with Crippen LogP contribution in [0.3, 0.4) is 0 Å². The Morgan fingerprint density at radius 3 is 2.20 bits per heavy atom. The van der Waals surface area contributed by atoms with Crippen LogP contribution in [-0.4, -0.2) is 32.2 Å². The Bertz CT molecular complexity index is 436. The van der Waals surface area contributed by atoms with Gasteiger partial charge in [0.25, 0.3) is 0 Å². The molecule has 0 aliphatic heterocycles. The lowest BCUT2D eigenvalue weighted by Gasteiger charge is -2.24. The number of rotatable bonds is 7. The van der Waals surface area contributed by atoms with Crippen LogP contribution in [0.4, 0.5) is 0 Å². The largest absolute Gasteiger partial charge is 0.497 e. The van der Waals surface area contributed by atoms with Gasteiger partial charge in [-0.1, -0.05) is 0 Å². The Morgan fingerprint density at radius 2 is 1.75 bits per heavy atom. The molecule has 1 rings (SSSR count). The molecule has 0 atom stereocenters. The Kier molecular flexibility index (Phi) is 5.82. The molecule has 0 saturated carbocycles. The Morgan fingerprint density at radius 1 is 1.20 bits per heavy atom. The third-order valence-corrected chi connectivity index (χ3v) is 3.04. The monoisotopic (exact) mass is 280 g/mol. The minimum Gasteiger partial charge on any atom is -0.497 e. The zero-order chi connectivity index (χ0) is 15.2. The van der Waals surface area contributed by atoms with Gasteiger partial charge < -0.3 is 20.5 Å². The number of hydrogen-bond acceptors (Lipinski definition) is 4. The maximum Gasteiger partial charge on any atom is 0.220 e. The van der Waals surface area contributed by atoms with Crippen LogP contribution >= 0.6 is 0 Å². The molecule has 0 heterocycles. The number of hydrogen-bond donors (Lipinski definition) is 2. The van der Waals surface area contributed by atoms with E-state index >= 15 is 0 Å². The number of carbonyl (C=O) groups is 1. The topological polar surface area (TPSA) is 73.6 Å². The molecule has 1 aromatic carbocycles. The standard InChI is InChI=1S/C15H24N2O3/c1-15(2,10-16)17-14(18)6-5-11-7-12(19-3)9-13(8-11)20-4/h7-9H,5-6,10,16H2,1-4H3,(H,17,18). The number of aryl methyl sites for hydroxylation is 1. The molecule has 0 unspecified atom stereocenters. The second kappa shape index (κ2) is 7.14. The predicted molar refractivity (Wildman–Crippen MR) is 79.1 cm³/mol. The molecular weight excluding hydrogens is 256 g/mol. The summed E-state index contributed by atoms with van der Waals surface area (Å²) >= 11 is 0. The minimum atomic E-state index is -0.372. The number of ether oxygens (including phenoxy) is 2. The quantitative estimate of drug-likeness (QED) is 0.793. The summed E-state index contributed by atoms with van der Waals surface area (Å²) in [5, 5.41) is 2.91. The maximum atomic E-state index is 11.9. The summed E-state index contributed by atoms with van der Waals surface area (Å²) in [7, 11) is 3.21. The average molecular weight is 280 g/mol. The van der Waals surface area contributed by atoms with Gasteiger partial charge in [-0.05, 0) is 38.0 Å². The van der Waals surface area contributed by atoms with Gasteiger partial charge >= 0.3 is 0 Å². The zero-order valence-corrected chi connectivity index (χ0v) is 12.7. The highest BCUT2D eigenvalue weighted by atomic mass is 16.5. The van der Waals surface area contributed by atoms with Gasteiger partial charge in [-0.25, -0.2) is 0 Å². The van der Waals surface area contributed by atoms with Crippen LogP contribution < -0.4 is 20.5 Å². The molecule has 0 fully saturated rings. The first kappa shape index (κ1) is 16.3. The van der Waals surface area contributed by atoms with Gasteiger partial charge in [-0.3, -0.25) is 4.79 Å². The van der Waals surface area contributed by atoms with Crippen molar-refractivity contribution in [3.8, 4) is 11.5 Å². The highest BCUT2D eigenvalue weighted by molar-refractivity contribution is 5.77. The van der Waals surface area contributed by atoms with Crippen LogP contribution in [0.2, 0.25) is 0 Å². The molecular formula is C15H24N2O3. The Balaban J connectivity index is 2.63. The number of benzene rings is 1. The van der Waals surface area contributed by atoms with Gasteiger partial charge in [-0.2, -0.15) is 0 Å². The molecule has 20 heavy (non-hydrogen) atoms. The summed E-state index contributed by atoms with van der Waals surface area (Å²) in [6.07, 6.45) is 1.03. The Labute approximate surface area is 120 Å². The van der Waals surface area contributed by atoms with E-state index in [1.807, 2.05) is 26.0 Å². The zero-order valence-electron chi connectivity index (χ0n) is 12.7. The first-order valence-electron chi connectivity index (χ1n) is 6.63. The summed E-state index contributed by atoms with van der Waals surface area (Å²) in [5.74, 6) is 1.44. The van der Waals surface area contributed by atoms with Gasteiger partial charge in [-0.15, -0.1) is 0 Å². The van der Waals surface area contributed by atoms with Crippen LogP contribution in [0.1, 0.15) is 25.8 Å². The van der Waals surface area contributed by atoms with Crippen molar-refractivity contribution in [3.63, 3.8) is 0 Å². The second-order valence-corrected chi connectivity index (χ2v) is 5.36. The minimum absolute atomic E-state index is 0.0118. The first-order chi connectivity index (χ1) is 9.40. The lowest BCUT2D eigenvalue weighted by atomic mass is 10.0. The number of methoxy groups -OCH3 is 2. The van der Waals surface area contributed by atoms with Crippen LogP contribution in [0.15, 0.2) is 18.2 Å². The predicted octanol–water partition coefficient (Wildman–Crippen LogP) is 1.49. The third kappa shape index (κ3) is 5.09. The Hall–Kier alpha value is -1.75. The van der Waals surface area contributed by atoms with Crippen molar-refractivity contribution >= 4 is 5.91 Å². The molecule has 5 nitrogen and oxygen atoms in total. The molecule has 0 spiro atoms. The van der Waals surface area contributed by atoms with E-state index in [9.17, 15) is 4.79 Å². The normalized spacial score (nSPS) is 11.1. The summed E-state index contributed by atoms with van der Waals surface area (Å²) in [4.78, 5) is 11.9. The molecule has 5 heteroatoms. The van der Waals surface area contributed by atoms with Crippen LogP contribution in [-0.2, 0) is 11.2 Å². The van der Waals surface area contributed by atoms with Crippen LogP contribution in [0, 0.1) is 0 Å². The fourth-order valence-corrected chi connectivity index (χ4v) is 1.76. The number of nitrogens with one attached hydrogen (secondary N) is 1. The molecule has 0 radical (unpaired) electrons. The van der Waals surface area contributed by atoms with Gasteiger partial charge in [0.2, 0.25) is 5.91 Å². The van der Waals surface area contributed by atoms with E-state index in [-0.39, 0.29) is 11.4 Å². The van der Waals surface area contributed by atoms with E-state index in [2.05, 4.69) is 5.32 Å². The van der Waals surface area contributed by atoms with Crippen molar-refractivity contribution in [2.75, 3.05) is 20.8 Å². The van der Waals surface area contributed by atoms with Crippen molar-refractivity contribution in [2.45, 2.75) is 32.2 Å². The van der Waals surface area contributed by atoms with Gasteiger partial charge in [0, 0.05) is 24.6 Å². The van der Waals surface area contributed by atoms with E-state index in [1.165, 1.54) is 0 Å². The van der Waals surface area contributed by atoms with Gasteiger partial charge in [0.05, 0.1) is 14.2 Å². The molecule has 1 aromatic rings. The smallest absolute Gasteiger partial charge is 0.220 e. The highest BCUT2D eigenvalue weighted by Gasteiger charge is 2.17. The SMILES string of the molecule is COc1cc(CCC(=O)NC(C)(C)CN)cc(OC)c1. The first-order valence-corrected chi connectivity index (χ1v) is 6.63. The van der Waals surface area contributed by atoms with Crippen LogP contribution in [0.25, 0.3) is 0 Å². The van der Waals surface area contributed by atoms with Crippen LogP contribution in [0.5, 0.6) is 11.5 Å². The summed E-state index contributed by atoms with van der Waals surface area (Å²) < 4.78 is 10.4. The summed E-state index contributed by atoms with van der Waals surface area (Å²) in [5.41, 5.74) is 6.22. The van der Waals surface area contributed by atoms with E-state index in [0.717, 1.165) is 17.1 Å². The van der Waals surface area contributed by atoms with Crippen molar-refractivity contribution in [2.24, 2.45) is 5.73 Å². The number of amides is 1. The highest BCUT2D eigenvalue weighted by Crippen LogP contribution is 2.23. The summed E-state index contributed by atoms with van der Waals surface area (Å²) in [6.45, 7) is 4.21. The molecule has 0 aliphatic carbocycles. The maximum absolute atomic E-state index is 11.9. The lowest BCUT2D eigenvalue weighted by molar-refractivity contribution is -0.122. The number of carbonyl (C=O) groups excluding carboxylic acids is 1. The third-order valence-electron chi connectivity index (χ3n) is 3.04. The van der Waals surface area contributed by atoms with Gasteiger partial charge in [0.15, 0.2) is 0 Å². The number of nitrogens with two attached hydrogens (primary N) is 1. The molecule has 0 saturated heterocycles. The van der Waals surface area contributed by atoms with E-state index in [0.29, 0.717) is 19.4 Å². The fourth-order valence-electron chi connectivity index (χ4n) is 1.76. The van der Waals surface area contributed by atoms with Gasteiger partial charge in [0.1, 0.15) is 11.5 Å². The average Bonchev–Trinajstić information content (AvgIpc) is 2.44. The van der Waals surface area contributed by atoms with Crippen molar-refractivity contribution in [1.82, 2.24) is 5.32 Å². The van der Waals surface area contributed by atoms with E-state index in [1.54, 1.807) is 20.3 Å². The lowest BCUT2D eigenvalue weighted by Crippen LogP contribution is -2.48. The van der Waals surface area contributed by atoms with Crippen molar-refractivity contribution < 1.29 is 14.3 Å². The molecule has 3 N–H and O–H groups in total. The van der Waals surface area contributed by atoms with Crippen molar-refractivity contribution in [1.29, 1.82) is 0 Å². The molecule has 0 bridgehead atoms. The summed E-state index contributed by atoms with van der Waals surface area (Å²) in [6, 6.07) is 5.62. The molecule has 0 aliphatic rings. The van der Waals surface area contributed by atoms with E-state index in [4.69, 9.17) is 15.2 Å². The molecule has 1 amide bonds. The van der Waals surface area contributed by atoms with Crippen molar-refractivity contribution in [3.05, 3.63) is 23.8 Å². The molecule has 0 aromatic heterocycles. The molecule has 112 valence electrons.